The van der Waals surface area contributed by atoms with Crippen molar-refractivity contribution in [2.24, 2.45) is 64.9 Å². The Labute approximate surface area is 566 Å². The van der Waals surface area contributed by atoms with Crippen LogP contribution >= 0.6 is 11.8 Å². The van der Waals surface area contributed by atoms with E-state index in [1.54, 1.807) is 32.4 Å². The number of piperidine rings is 5. The van der Waals surface area contributed by atoms with Gasteiger partial charge in [0.25, 0.3) is 0 Å². The van der Waals surface area contributed by atoms with Crippen LogP contribution in [0, 0.1) is 59.2 Å². The van der Waals surface area contributed by atoms with Crippen molar-refractivity contribution in [3.05, 3.63) is 24.3 Å². The Kier molecular flexibility index (Phi) is 54.0. The first-order valence-corrected chi connectivity index (χ1v) is 39.3. The monoisotopic (exact) mass is 1330 g/mol. The van der Waals surface area contributed by atoms with Crippen molar-refractivity contribution < 1.29 is 37.1 Å². The van der Waals surface area contributed by atoms with Crippen molar-refractivity contribution in [1.82, 2.24) is 29.2 Å². The van der Waals surface area contributed by atoms with Crippen LogP contribution in [0.25, 0.3) is 0 Å². The van der Waals surface area contributed by atoms with E-state index in [-0.39, 0.29) is 29.3 Å². The number of carbonyl (C=O) groups is 4. The highest BCUT2D eigenvalue weighted by molar-refractivity contribution is 7.99. The fourth-order valence-corrected chi connectivity index (χ4v) is 12.3. The SMILES string of the molecule is CC(=O)N1CCC(C)CC1.CC1CCN(C(=O)NC(C)(C)C)CC1.CC1CCN(C)CC1.CC1CCN(S(C)(=O)=O)CC1.CC1CCOCC1.CCC(N)=O.CCC1CC1.CCC1CC=CCC1.CCC1CCN(C(=O)C(C)C)CC1.COC.C[C@@H]1C=CCSC1. The fourth-order valence-electron chi connectivity index (χ4n) is 10.6. The van der Waals surface area contributed by atoms with Gasteiger partial charge in [0.1, 0.15) is 0 Å². The van der Waals surface area contributed by atoms with Crippen LogP contribution in [0.5, 0.6) is 0 Å². The molecule has 0 bridgehead atoms. The molecule has 17 heteroatoms. The second kappa shape index (κ2) is 54.4. The van der Waals surface area contributed by atoms with Gasteiger partial charge in [0, 0.05) is 110 Å². The van der Waals surface area contributed by atoms with Crippen molar-refractivity contribution >= 4 is 45.5 Å². The van der Waals surface area contributed by atoms with Gasteiger partial charge in [0.15, 0.2) is 0 Å². The number of urea groups is 1. The first-order chi connectivity index (χ1) is 42.9. The molecule has 91 heavy (non-hydrogen) atoms. The summed E-state index contributed by atoms with van der Waals surface area (Å²) in [6.07, 6.45) is 36.4. The van der Waals surface area contributed by atoms with Gasteiger partial charge < -0.3 is 40.1 Å². The molecule has 0 spiro atoms. The Morgan fingerprint density at radius 2 is 1.01 bits per heavy atom. The number of allylic oxidation sites excluding steroid dienone is 3. The van der Waals surface area contributed by atoms with E-state index >= 15 is 0 Å². The largest absolute Gasteiger partial charge is 0.388 e. The maximum absolute atomic E-state index is 11.7. The van der Waals surface area contributed by atoms with Gasteiger partial charge in [-0.15, -0.1) is 0 Å². The van der Waals surface area contributed by atoms with Crippen LogP contribution in [0.4, 0.5) is 4.79 Å². The molecule has 0 aromatic carbocycles. The summed E-state index contributed by atoms with van der Waals surface area (Å²) in [4.78, 5) is 52.1. The van der Waals surface area contributed by atoms with E-state index in [1.165, 1.54) is 134 Å². The summed E-state index contributed by atoms with van der Waals surface area (Å²) in [5, 5.41) is 2.99. The van der Waals surface area contributed by atoms with Gasteiger partial charge in [-0.05, 0) is 196 Å². The first kappa shape index (κ1) is 90.4. The Balaban J connectivity index is 0. The minimum atomic E-state index is -2.92. The summed E-state index contributed by atoms with van der Waals surface area (Å²) in [7, 11) is 2.53. The predicted molar refractivity (Wildman–Crippen MR) is 391 cm³/mol. The number of nitrogens with zero attached hydrogens (tertiary/aromatic N) is 5. The maximum Gasteiger partial charge on any atom is 0.317 e. The molecule has 15 nitrogen and oxygen atoms in total. The number of sulfonamides is 1. The second-order valence-corrected chi connectivity index (χ2v) is 32.1. The molecular weight excluding hydrogens is 1180 g/mol. The number of likely N-dealkylation sites (tertiary alicyclic amines) is 4. The van der Waals surface area contributed by atoms with E-state index in [1.807, 2.05) is 61.1 Å². The normalized spacial score (nSPS) is 22.0. The van der Waals surface area contributed by atoms with Gasteiger partial charge in [-0.1, -0.05) is 139 Å². The zero-order valence-electron chi connectivity index (χ0n) is 62.7. The lowest BCUT2D eigenvalue weighted by atomic mass is 9.92. The van der Waals surface area contributed by atoms with E-state index in [4.69, 9.17) is 4.74 Å². The molecule has 5 amide bonds. The fraction of sp³-hybridized carbons (Fsp3) is 0.892. The van der Waals surface area contributed by atoms with Gasteiger partial charge in [0.2, 0.25) is 27.7 Å². The van der Waals surface area contributed by atoms with Crippen molar-refractivity contribution in [2.45, 2.75) is 251 Å². The number of nitrogens with two attached hydrogens (primary N) is 1. The van der Waals surface area contributed by atoms with Crippen molar-refractivity contribution in [3.8, 4) is 0 Å². The number of rotatable bonds is 6. The van der Waals surface area contributed by atoms with Gasteiger partial charge in [-0.2, -0.15) is 11.8 Å². The average Bonchev–Trinajstić information content (AvgIpc) is 3.88. The third-order valence-corrected chi connectivity index (χ3v) is 20.6. The molecule has 6 saturated heterocycles. The zero-order chi connectivity index (χ0) is 69.4. The van der Waals surface area contributed by atoms with Crippen molar-refractivity contribution in [3.63, 3.8) is 0 Å². The Morgan fingerprint density at radius 1 is 0.604 bits per heavy atom. The second-order valence-electron chi connectivity index (χ2n) is 29.1. The van der Waals surface area contributed by atoms with Crippen LogP contribution in [0.1, 0.15) is 246 Å². The molecule has 9 aliphatic rings. The number of ether oxygens (including phenoxy) is 2. The van der Waals surface area contributed by atoms with E-state index in [9.17, 15) is 27.6 Å². The smallest absolute Gasteiger partial charge is 0.317 e. The summed E-state index contributed by atoms with van der Waals surface area (Å²) >= 11 is 2.02. The Morgan fingerprint density at radius 3 is 1.29 bits per heavy atom. The molecular formula is C74H147N7O8S2. The zero-order valence-corrected chi connectivity index (χ0v) is 64.4. The molecule has 7 aliphatic heterocycles. The lowest BCUT2D eigenvalue weighted by Crippen LogP contribution is -2.50. The number of carbonyl (C=O) groups excluding carboxylic acids is 4. The van der Waals surface area contributed by atoms with Crippen LogP contribution < -0.4 is 11.1 Å². The standard InChI is InChI=1S/C11H22N2O.C11H21NO.C8H15NO.C8H14.C7H15NO2S.C7H15N.C6H12O.C6H10S.C5H10.C3H7NO.C2H6O/c1-9-5-7-13(8-6-9)10(14)12-11(2,3)4;1-4-10-5-7-12(8-6-10)11(13)9(2)3;1-7-3-5-9(6-4-7)8(2)10;1-2-8-6-4-3-5-7-8;1-7-3-5-8(6-4-7)11(2,9)10;1-7-3-5-8(2)6-4-7;1-6-2-4-7-5-3-6;1-6-3-2-4-7-5-6;1-2-5-3-4-5;1-2-3(4)5;1-3-2/h9H,5-8H2,1-4H3,(H,12,14);9-10H,4-8H2,1-3H3;7H,3-6H2,1-2H3;3-4,8H,2,5-7H2,1H3;7H,3-6H2,1-2H3;7H,3-6H2,1-2H3;6H,2-5H2,1H3;2-3,6H,4-5H2,1H3;5H,2-4H2,1H3;2H2,1H3,(H2,4,5);1-2H3/t;;;;;;;6-;;;/m.......1.../s1. The number of primary amides is 1. The van der Waals surface area contributed by atoms with Crippen LogP contribution in [0.15, 0.2) is 24.3 Å². The van der Waals surface area contributed by atoms with Gasteiger partial charge in [-0.3, -0.25) is 14.4 Å². The minimum Gasteiger partial charge on any atom is -0.388 e. The summed E-state index contributed by atoms with van der Waals surface area (Å²) in [5.74, 6) is 11.0. The van der Waals surface area contributed by atoms with Crippen molar-refractivity contribution in [2.75, 3.05) is 118 Å². The molecule has 2 atom stereocenters. The Bertz CT molecular complexity index is 1940. The number of thioether (sulfide) groups is 1. The number of nitrogens with one attached hydrogen (secondary N) is 1. The number of amides is 5. The summed E-state index contributed by atoms with van der Waals surface area (Å²) < 4.78 is 33.0. The molecule has 538 valence electrons. The number of hydrogen-bond donors (Lipinski definition) is 2. The van der Waals surface area contributed by atoms with E-state index < -0.39 is 10.0 Å². The van der Waals surface area contributed by atoms with Crippen LogP contribution in [0.2, 0.25) is 0 Å². The molecule has 7 fully saturated rings. The lowest BCUT2D eigenvalue weighted by Gasteiger charge is -2.33. The lowest BCUT2D eigenvalue weighted by molar-refractivity contribution is -0.136. The van der Waals surface area contributed by atoms with Crippen LogP contribution in [0.3, 0.4) is 0 Å². The molecule has 0 aromatic heterocycles. The molecule has 0 radical (unpaired) electrons. The summed E-state index contributed by atoms with van der Waals surface area (Å²) in [6.45, 7) is 45.4. The number of methoxy groups -OCH3 is 1. The molecule has 0 aromatic rings. The molecule has 7 heterocycles. The number of hydrogen-bond acceptors (Lipinski definition) is 10. The topological polar surface area (TPSA) is 175 Å². The Hall–Kier alpha value is -2.70. The van der Waals surface area contributed by atoms with Gasteiger partial charge in [0.05, 0.1) is 6.26 Å². The quantitative estimate of drug-likeness (QED) is 0.244. The highest BCUT2D eigenvalue weighted by atomic mass is 32.2. The van der Waals surface area contributed by atoms with Gasteiger partial charge in [-0.25, -0.2) is 17.5 Å². The third kappa shape index (κ3) is 53.2. The minimum absolute atomic E-state index is 0.0874. The highest BCUT2D eigenvalue weighted by Gasteiger charge is 2.26. The molecule has 9 rings (SSSR count). The predicted octanol–water partition coefficient (Wildman–Crippen LogP) is 15.9. The van der Waals surface area contributed by atoms with Crippen LogP contribution in [-0.2, 0) is 33.9 Å². The van der Waals surface area contributed by atoms with Crippen LogP contribution in [-0.4, -0.2) is 179 Å². The first-order valence-electron chi connectivity index (χ1n) is 36.3. The maximum atomic E-state index is 11.7. The molecule has 1 saturated carbocycles. The molecule has 1 unspecified atom stereocenters. The van der Waals surface area contributed by atoms with E-state index in [0.717, 1.165) is 126 Å². The summed E-state index contributed by atoms with van der Waals surface area (Å²) in [5.41, 5.74) is 4.53. The molecule has 3 N–H and O–H groups in total. The third-order valence-electron chi connectivity index (χ3n) is 18.1. The highest BCUT2D eigenvalue weighted by Crippen LogP contribution is 2.31. The average molecular weight is 1330 g/mol. The summed E-state index contributed by atoms with van der Waals surface area (Å²) in [6, 6.07) is 0.0874. The van der Waals surface area contributed by atoms with Gasteiger partial charge >= 0.3 is 6.03 Å². The molecule has 2 aliphatic carbocycles. The van der Waals surface area contributed by atoms with E-state index in [0.29, 0.717) is 31.3 Å². The van der Waals surface area contributed by atoms with Crippen molar-refractivity contribution in [1.29, 1.82) is 0 Å². The van der Waals surface area contributed by atoms with E-state index in [2.05, 4.69) is 114 Å².